The van der Waals surface area contributed by atoms with Crippen LogP contribution >= 0.6 is 35.7 Å². The molecule has 0 atom stereocenters. The molecule has 2 aliphatic rings. The molecule has 0 saturated heterocycles. The fourth-order valence-electron chi connectivity index (χ4n) is 3.74. The van der Waals surface area contributed by atoms with Crippen molar-refractivity contribution < 1.29 is 9.53 Å². The van der Waals surface area contributed by atoms with Gasteiger partial charge in [-0.15, -0.1) is 0 Å². The van der Waals surface area contributed by atoms with E-state index in [0.29, 0.717) is 11.5 Å². The number of carbonyl (C=O) groups is 1. The average Bonchev–Trinajstić information content (AvgIpc) is 3.19. The number of aryl methyl sites for hydroxylation is 1. The molecule has 160 valence electrons. The highest BCUT2D eigenvalue weighted by molar-refractivity contribution is 8.32. The second-order valence-corrected chi connectivity index (χ2v) is 10.8. The summed E-state index contributed by atoms with van der Waals surface area (Å²) in [4.78, 5) is 17.5. The number of hydrogen-bond acceptors (Lipinski definition) is 6. The summed E-state index contributed by atoms with van der Waals surface area (Å²) in [5.74, 6) is -0.281. The fourth-order valence-corrected chi connectivity index (χ4v) is 6.92. The molecule has 0 aromatic heterocycles. The number of anilines is 1. The van der Waals surface area contributed by atoms with Crippen LogP contribution in [0.2, 0.25) is 0 Å². The van der Waals surface area contributed by atoms with Crippen LogP contribution in [-0.2, 0) is 9.53 Å². The molecule has 2 aromatic carbocycles. The van der Waals surface area contributed by atoms with Crippen LogP contribution in [0.1, 0.15) is 37.5 Å². The molecule has 31 heavy (non-hydrogen) atoms. The Balaban J connectivity index is 1.90. The van der Waals surface area contributed by atoms with Gasteiger partial charge in [0.2, 0.25) is 0 Å². The predicted molar refractivity (Wildman–Crippen MR) is 138 cm³/mol. The molecule has 4 rings (SSSR count). The zero-order valence-electron chi connectivity index (χ0n) is 18.3. The molecule has 0 saturated carbocycles. The van der Waals surface area contributed by atoms with Gasteiger partial charge in [0.25, 0.3) is 0 Å². The minimum Gasteiger partial charge on any atom is -0.462 e. The lowest BCUT2D eigenvalue weighted by atomic mass is 9.83. The zero-order chi connectivity index (χ0) is 22.3. The summed E-state index contributed by atoms with van der Waals surface area (Å²) in [7, 11) is 2.09. The summed E-state index contributed by atoms with van der Waals surface area (Å²) in [6, 6.07) is 16.5. The van der Waals surface area contributed by atoms with Crippen molar-refractivity contribution in [2.45, 2.75) is 33.2 Å². The van der Waals surface area contributed by atoms with Crippen molar-refractivity contribution in [3.63, 3.8) is 0 Å². The van der Waals surface area contributed by atoms with Crippen molar-refractivity contribution in [2.75, 3.05) is 18.6 Å². The number of ether oxygens (including phenoxy) is 1. The van der Waals surface area contributed by atoms with Crippen LogP contribution in [0.15, 0.2) is 57.7 Å². The fraction of sp³-hybridized carbons (Fsp3) is 0.280. The third-order valence-electron chi connectivity index (χ3n) is 5.70. The molecule has 0 N–H and O–H groups in total. The van der Waals surface area contributed by atoms with Crippen LogP contribution in [0.25, 0.3) is 10.5 Å². The quantitative estimate of drug-likeness (QED) is 0.284. The summed E-state index contributed by atoms with van der Waals surface area (Å²) >= 11 is 9.15. The molecule has 0 bridgehead atoms. The van der Waals surface area contributed by atoms with Gasteiger partial charge in [-0.05, 0) is 45.4 Å². The highest BCUT2D eigenvalue weighted by Gasteiger charge is 2.41. The molecule has 0 radical (unpaired) electrons. The highest BCUT2D eigenvalue weighted by Crippen LogP contribution is 2.58. The third-order valence-corrected chi connectivity index (χ3v) is 9.03. The standard InChI is InChI=1S/C25H25NO2S3/c1-6-28-23(27)21-20(16-10-8-7-9-11-16)30-24(31-21)19-17-14-15(2)12-13-18(17)26(5)25(3,4)22(19)29/h7-14H,6H2,1-5H3/b24-19+. The predicted octanol–water partition coefficient (Wildman–Crippen LogP) is 6.67. The van der Waals surface area contributed by atoms with Gasteiger partial charge in [-0.1, -0.05) is 77.7 Å². The Morgan fingerprint density at radius 3 is 2.52 bits per heavy atom. The second-order valence-electron chi connectivity index (χ2n) is 8.08. The largest absolute Gasteiger partial charge is 0.462 e. The van der Waals surface area contributed by atoms with Gasteiger partial charge < -0.3 is 9.64 Å². The lowest BCUT2D eigenvalue weighted by molar-refractivity contribution is -0.137. The van der Waals surface area contributed by atoms with E-state index in [9.17, 15) is 4.79 Å². The van der Waals surface area contributed by atoms with E-state index in [0.717, 1.165) is 36.4 Å². The Morgan fingerprint density at radius 1 is 1.13 bits per heavy atom. The van der Waals surface area contributed by atoms with Gasteiger partial charge in [-0.3, -0.25) is 0 Å². The van der Waals surface area contributed by atoms with Crippen molar-refractivity contribution in [3.05, 3.63) is 74.4 Å². The number of rotatable bonds is 3. The SMILES string of the molecule is CCOC(=O)C1=C(c2ccccc2)S/C(=C2\C(=S)C(C)(C)N(C)c3ccc(C)cc32)S1. The number of benzene rings is 2. The summed E-state index contributed by atoms with van der Waals surface area (Å²) in [5.41, 5.74) is 5.21. The monoisotopic (exact) mass is 467 g/mol. The Bertz CT molecular complexity index is 1130. The first-order chi connectivity index (χ1) is 14.8. The minimum absolute atomic E-state index is 0.281. The summed E-state index contributed by atoms with van der Waals surface area (Å²) < 4.78 is 6.43. The van der Waals surface area contributed by atoms with E-state index in [1.165, 1.54) is 17.3 Å². The van der Waals surface area contributed by atoms with E-state index >= 15 is 0 Å². The van der Waals surface area contributed by atoms with Crippen LogP contribution in [0.4, 0.5) is 5.69 Å². The molecule has 2 aromatic rings. The van der Waals surface area contributed by atoms with Crippen LogP contribution in [-0.4, -0.2) is 30.0 Å². The molecule has 0 aliphatic carbocycles. The van der Waals surface area contributed by atoms with E-state index in [1.54, 1.807) is 11.8 Å². The first kappa shape index (κ1) is 22.2. The molecule has 2 aliphatic heterocycles. The number of thioether (sulfide) groups is 2. The molecule has 0 unspecified atom stereocenters. The molecule has 3 nitrogen and oxygen atoms in total. The molecule has 0 amide bonds. The van der Waals surface area contributed by atoms with E-state index in [2.05, 4.69) is 50.9 Å². The molecular weight excluding hydrogens is 442 g/mol. The van der Waals surface area contributed by atoms with Gasteiger partial charge in [-0.2, -0.15) is 0 Å². The number of thiocarbonyl (C=S) groups is 1. The van der Waals surface area contributed by atoms with E-state index in [4.69, 9.17) is 17.0 Å². The van der Waals surface area contributed by atoms with Gasteiger partial charge >= 0.3 is 5.97 Å². The van der Waals surface area contributed by atoms with Gasteiger partial charge in [0.1, 0.15) is 4.91 Å². The Labute approximate surface area is 197 Å². The van der Waals surface area contributed by atoms with Gasteiger partial charge in [-0.25, -0.2) is 4.79 Å². The number of carbonyl (C=O) groups excluding carboxylic acids is 1. The van der Waals surface area contributed by atoms with E-state index < -0.39 is 0 Å². The third kappa shape index (κ3) is 3.86. The normalized spacial score (nSPS) is 20.2. The van der Waals surface area contributed by atoms with Crippen LogP contribution in [0.3, 0.4) is 0 Å². The average molecular weight is 468 g/mol. The first-order valence-corrected chi connectivity index (χ1v) is 12.3. The Kier molecular flexibility index (Phi) is 6.08. The maximum absolute atomic E-state index is 12.8. The number of esters is 1. The van der Waals surface area contributed by atoms with Crippen molar-refractivity contribution >= 4 is 62.7 Å². The first-order valence-electron chi connectivity index (χ1n) is 10.2. The van der Waals surface area contributed by atoms with Crippen molar-refractivity contribution in [1.82, 2.24) is 0 Å². The molecule has 0 spiro atoms. The molecule has 2 heterocycles. The van der Waals surface area contributed by atoms with E-state index in [-0.39, 0.29) is 11.5 Å². The summed E-state index contributed by atoms with van der Waals surface area (Å²) in [5, 5.41) is 0. The Hall–Kier alpha value is -2.02. The van der Waals surface area contributed by atoms with Crippen molar-refractivity contribution in [2.24, 2.45) is 0 Å². The topological polar surface area (TPSA) is 29.5 Å². The Morgan fingerprint density at radius 2 is 1.84 bits per heavy atom. The number of fused-ring (bicyclic) bond motifs is 1. The number of hydrogen-bond donors (Lipinski definition) is 0. The molecular formula is C25H25NO2S3. The van der Waals surface area contributed by atoms with Gasteiger partial charge in [0.05, 0.1) is 16.4 Å². The minimum atomic E-state index is -0.319. The maximum Gasteiger partial charge on any atom is 0.346 e. The van der Waals surface area contributed by atoms with Crippen molar-refractivity contribution in [1.29, 1.82) is 0 Å². The highest BCUT2D eigenvalue weighted by atomic mass is 32.2. The van der Waals surface area contributed by atoms with Crippen molar-refractivity contribution in [3.8, 4) is 0 Å². The van der Waals surface area contributed by atoms with E-state index in [1.807, 2.05) is 37.3 Å². The molecule has 6 heteroatoms. The summed E-state index contributed by atoms with van der Waals surface area (Å²) in [6.07, 6.45) is 0. The lowest BCUT2D eigenvalue weighted by Gasteiger charge is -2.44. The smallest absolute Gasteiger partial charge is 0.346 e. The lowest BCUT2D eigenvalue weighted by Crippen LogP contribution is -2.51. The maximum atomic E-state index is 12.8. The van der Waals surface area contributed by atoms with Crippen LogP contribution in [0, 0.1) is 6.92 Å². The second kappa shape index (κ2) is 8.49. The summed E-state index contributed by atoms with van der Waals surface area (Å²) in [6.45, 7) is 8.58. The zero-order valence-corrected chi connectivity index (χ0v) is 20.8. The van der Waals surface area contributed by atoms with Crippen LogP contribution in [0.5, 0.6) is 0 Å². The molecule has 0 fully saturated rings. The van der Waals surface area contributed by atoms with Crippen LogP contribution < -0.4 is 4.90 Å². The number of nitrogens with zero attached hydrogens (tertiary/aromatic N) is 1. The van der Waals surface area contributed by atoms with Gasteiger partial charge in [0, 0.05) is 33.6 Å². The van der Waals surface area contributed by atoms with Gasteiger partial charge in [0.15, 0.2) is 0 Å².